The molecule has 0 radical (unpaired) electrons. The van der Waals surface area contributed by atoms with E-state index in [1.54, 1.807) is 18.2 Å². The number of rotatable bonds is 7. The molecule has 2 rings (SSSR count). The molecule has 0 aliphatic carbocycles. The molecule has 0 bridgehead atoms. The first kappa shape index (κ1) is 20.0. The lowest BCUT2D eigenvalue weighted by Crippen LogP contribution is -2.22. The fraction of sp³-hybridized carbons (Fsp3) is 0.176. The van der Waals surface area contributed by atoms with Crippen molar-refractivity contribution in [3.63, 3.8) is 0 Å². The minimum atomic E-state index is -3.52. The molecule has 2 aromatic carbocycles. The third kappa shape index (κ3) is 4.84. The van der Waals surface area contributed by atoms with Crippen LogP contribution in [0, 0.1) is 0 Å². The maximum atomic E-state index is 12.1. The van der Waals surface area contributed by atoms with E-state index in [4.69, 9.17) is 5.11 Å². The molecule has 0 saturated heterocycles. The smallest absolute Gasteiger partial charge is 0.336 e. The summed E-state index contributed by atoms with van der Waals surface area (Å²) in [7, 11) is -0.637. The molecule has 0 fully saturated rings. The van der Waals surface area contributed by atoms with E-state index in [9.17, 15) is 18.0 Å². The van der Waals surface area contributed by atoms with Crippen molar-refractivity contribution in [2.75, 3.05) is 25.2 Å². The van der Waals surface area contributed by atoms with E-state index in [2.05, 4.69) is 5.32 Å². The predicted octanol–water partition coefficient (Wildman–Crippen LogP) is 2.37. The van der Waals surface area contributed by atoms with Gasteiger partial charge < -0.3 is 10.4 Å². The molecular formula is C17H18N2O5S2. The average molecular weight is 394 g/mol. The van der Waals surface area contributed by atoms with E-state index in [1.807, 2.05) is 0 Å². The maximum absolute atomic E-state index is 12.1. The lowest BCUT2D eigenvalue weighted by Gasteiger charge is -2.12. The number of carboxylic acid groups (broad SMARTS) is 1. The highest BCUT2D eigenvalue weighted by molar-refractivity contribution is 8.00. The molecule has 0 aromatic heterocycles. The second-order valence-corrected chi connectivity index (χ2v) is 8.62. The van der Waals surface area contributed by atoms with Crippen LogP contribution < -0.4 is 5.32 Å². The second-order valence-electron chi connectivity index (χ2n) is 5.45. The van der Waals surface area contributed by atoms with Crippen molar-refractivity contribution < 1.29 is 23.1 Å². The van der Waals surface area contributed by atoms with Crippen LogP contribution in [0.1, 0.15) is 10.4 Å². The summed E-state index contributed by atoms with van der Waals surface area (Å²) >= 11 is 1.12. The summed E-state index contributed by atoms with van der Waals surface area (Å²) in [5.41, 5.74) is 0.600. The first-order valence-corrected chi connectivity index (χ1v) is 9.92. The lowest BCUT2D eigenvalue weighted by molar-refractivity contribution is -0.113. The van der Waals surface area contributed by atoms with Crippen LogP contribution in [0.5, 0.6) is 0 Å². The third-order valence-electron chi connectivity index (χ3n) is 3.39. The number of nitrogens with one attached hydrogen (secondary N) is 1. The Kier molecular flexibility index (Phi) is 6.41. The number of carbonyl (C=O) groups excluding carboxylic acids is 1. The lowest BCUT2D eigenvalue weighted by atomic mass is 10.2. The number of benzene rings is 2. The molecule has 1 amide bonds. The highest BCUT2D eigenvalue weighted by atomic mass is 32.2. The first-order valence-electron chi connectivity index (χ1n) is 7.49. The van der Waals surface area contributed by atoms with Crippen LogP contribution in [0.3, 0.4) is 0 Å². The van der Waals surface area contributed by atoms with Gasteiger partial charge in [-0.05, 0) is 36.4 Å². The van der Waals surface area contributed by atoms with Crippen LogP contribution in [0.25, 0.3) is 0 Å². The summed E-state index contributed by atoms with van der Waals surface area (Å²) in [6, 6.07) is 12.3. The van der Waals surface area contributed by atoms with Gasteiger partial charge in [0.1, 0.15) is 0 Å². The Morgan fingerprint density at radius 3 is 2.27 bits per heavy atom. The van der Waals surface area contributed by atoms with Crippen LogP contribution in [-0.4, -0.2) is 49.6 Å². The molecule has 0 heterocycles. The van der Waals surface area contributed by atoms with Gasteiger partial charge >= 0.3 is 5.97 Å². The van der Waals surface area contributed by atoms with Gasteiger partial charge in [-0.15, -0.1) is 11.8 Å². The number of anilines is 1. The number of hydrogen-bond acceptors (Lipinski definition) is 5. The van der Waals surface area contributed by atoms with Gasteiger partial charge in [0.15, 0.2) is 0 Å². The van der Waals surface area contributed by atoms with Gasteiger partial charge in [0.25, 0.3) is 0 Å². The number of thioether (sulfide) groups is 1. The van der Waals surface area contributed by atoms with Crippen molar-refractivity contribution in [2.24, 2.45) is 0 Å². The van der Waals surface area contributed by atoms with Crippen molar-refractivity contribution in [1.29, 1.82) is 0 Å². The Morgan fingerprint density at radius 2 is 1.69 bits per heavy atom. The zero-order chi connectivity index (χ0) is 19.3. The van der Waals surface area contributed by atoms with E-state index in [0.29, 0.717) is 10.6 Å². The number of amides is 1. The second kappa shape index (κ2) is 8.35. The molecule has 26 heavy (non-hydrogen) atoms. The van der Waals surface area contributed by atoms with E-state index in [0.717, 1.165) is 16.1 Å². The molecular weight excluding hydrogens is 376 g/mol. The SMILES string of the molecule is CN(C)S(=O)(=O)c1ccc(NC(=O)CSc2ccccc2C(=O)O)cc1. The van der Waals surface area contributed by atoms with Crippen molar-refractivity contribution in [2.45, 2.75) is 9.79 Å². The zero-order valence-corrected chi connectivity index (χ0v) is 15.8. The van der Waals surface area contributed by atoms with Crippen molar-refractivity contribution >= 4 is 39.3 Å². The summed E-state index contributed by atoms with van der Waals surface area (Å²) in [6.45, 7) is 0. The fourth-order valence-corrected chi connectivity index (χ4v) is 3.78. The van der Waals surface area contributed by atoms with Crippen LogP contribution in [0.15, 0.2) is 58.3 Å². The average Bonchev–Trinajstić information content (AvgIpc) is 2.60. The molecule has 7 nitrogen and oxygen atoms in total. The van der Waals surface area contributed by atoms with E-state index in [1.165, 1.54) is 44.4 Å². The van der Waals surface area contributed by atoms with E-state index in [-0.39, 0.29) is 22.1 Å². The molecule has 138 valence electrons. The Balaban J connectivity index is 2.00. The summed E-state index contributed by atoms with van der Waals surface area (Å²) in [6.07, 6.45) is 0. The standard InChI is InChI=1S/C17H18N2O5S2/c1-19(2)26(23,24)13-9-7-12(8-10-13)18-16(20)11-25-15-6-4-3-5-14(15)17(21)22/h3-10H,11H2,1-2H3,(H,18,20)(H,21,22). The summed E-state index contributed by atoms with van der Waals surface area (Å²) in [5, 5.41) is 11.8. The van der Waals surface area contributed by atoms with Gasteiger partial charge in [0.05, 0.1) is 16.2 Å². The van der Waals surface area contributed by atoms with E-state index < -0.39 is 16.0 Å². The fourth-order valence-electron chi connectivity index (χ4n) is 2.03. The largest absolute Gasteiger partial charge is 0.478 e. The molecule has 9 heteroatoms. The highest BCUT2D eigenvalue weighted by Gasteiger charge is 2.17. The van der Waals surface area contributed by atoms with Gasteiger partial charge in [-0.3, -0.25) is 4.79 Å². The molecule has 0 aliphatic heterocycles. The number of aromatic carboxylic acids is 1. The monoisotopic (exact) mass is 394 g/mol. The molecule has 0 saturated carbocycles. The summed E-state index contributed by atoms with van der Waals surface area (Å²) in [5.74, 6) is -1.34. The summed E-state index contributed by atoms with van der Waals surface area (Å²) < 4.78 is 25.1. The predicted molar refractivity (Wildman–Crippen MR) is 100 cm³/mol. The number of hydrogen-bond donors (Lipinski definition) is 2. The topological polar surface area (TPSA) is 104 Å². The van der Waals surface area contributed by atoms with Crippen molar-refractivity contribution in [3.05, 3.63) is 54.1 Å². The van der Waals surface area contributed by atoms with Crippen molar-refractivity contribution in [3.8, 4) is 0 Å². The Labute approximate surface area is 156 Å². The molecule has 0 spiro atoms. The van der Waals surface area contributed by atoms with Gasteiger partial charge in [-0.2, -0.15) is 0 Å². The van der Waals surface area contributed by atoms with E-state index >= 15 is 0 Å². The number of sulfonamides is 1. The Hall–Kier alpha value is -2.36. The van der Waals surface area contributed by atoms with Gasteiger partial charge in [-0.25, -0.2) is 17.5 Å². The van der Waals surface area contributed by atoms with Gasteiger partial charge in [0, 0.05) is 24.7 Å². The quantitative estimate of drug-likeness (QED) is 0.699. The third-order valence-corrected chi connectivity index (χ3v) is 6.30. The van der Waals surface area contributed by atoms with Crippen LogP contribution in [0.4, 0.5) is 5.69 Å². The summed E-state index contributed by atoms with van der Waals surface area (Å²) in [4.78, 5) is 23.8. The minimum Gasteiger partial charge on any atom is -0.478 e. The number of carbonyl (C=O) groups is 2. The molecule has 2 N–H and O–H groups in total. The zero-order valence-electron chi connectivity index (χ0n) is 14.2. The Morgan fingerprint density at radius 1 is 1.08 bits per heavy atom. The van der Waals surface area contributed by atoms with Gasteiger partial charge in [0.2, 0.25) is 15.9 Å². The molecule has 0 atom stereocenters. The minimum absolute atomic E-state index is 0.0298. The van der Waals surface area contributed by atoms with Gasteiger partial charge in [-0.1, -0.05) is 12.1 Å². The van der Waals surface area contributed by atoms with Crippen LogP contribution in [-0.2, 0) is 14.8 Å². The highest BCUT2D eigenvalue weighted by Crippen LogP contribution is 2.23. The Bertz CT molecular complexity index is 909. The van der Waals surface area contributed by atoms with Crippen LogP contribution in [0.2, 0.25) is 0 Å². The number of carboxylic acids is 1. The molecule has 0 unspecified atom stereocenters. The first-order chi connectivity index (χ1) is 12.2. The maximum Gasteiger partial charge on any atom is 0.336 e. The molecule has 2 aromatic rings. The van der Waals surface area contributed by atoms with Crippen molar-refractivity contribution in [1.82, 2.24) is 4.31 Å². The normalized spacial score (nSPS) is 11.3. The number of nitrogens with zero attached hydrogens (tertiary/aromatic N) is 1. The molecule has 0 aliphatic rings. The van der Waals surface area contributed by atoms with Crippen LogP contribution >= 0.6 is 11.8 Å².